The van der Waals surface area contributed by atoms with Gasteiger partial charge >= 0.3 is 0 Å². The summed E-state index contributed by atoms with van der Waals surface area (Å²) in [6.45, 7) is 0.346. The molecule has 114 valence electrons. The van der Waals surface area contributed by atoms with Gasteiger partial charge in [-0.25, -0.2) is 9.45 Å². The predicted octanol–water partition coefficient (Wildman–Crippen LogP) is 3.39. The van der Waals surface area contributed by atoms with Crippen molar-refractivity contribution in [1.82, 2.24) is 5.06 Å². The number of halogens is 1. The lowest BCUT2D eigenvalue weighted by molar-refractivity contribution is -0.177. The summed E-state index contributed by atoms with van der Waals surface area (Å²) in [5.41, 5.74) is 2.01. The molecule has 1 aliphatic rings. The largest absolute Gasteiger partial charge is 0.286 e. The van der Waals surface area contributed by atoms with Crippen LogP contribution < -0.4 is 0 Å². The lowest BCUT2D eigenvalue weighted by Gasteiger charge is -2.35. The van der Waals surface area contributed by atoms with E-state index in [1.807, 2.05) is 30.3 Å². The molecule has 0 aromatic heterocycles. The molecule has 22 heavy (non-hydrogen) atoms. The van der Waals surface area contributed by atoms with Gasteiger partial charge in [-0.15, -0.1) is 0 Å². The van der Waals surface area contributed by atoms with E-state index in [9.17, 15) is 14.4 Å². The number of nitrogens with zero attached hydrogens (tertiary/aromatic N) is 1. The molecule has 0 aliphatic carbocycles. The molecule has 2 aromatic rings. The van der Waals surface area contributed by atoms with Crippen molar-refractivity contribution in [1.29, 1.82) is 0 Å². The second-order valence-corrected chi connectivity index (χ2v) is 5.70. The molecule has 0 radical (unpaired) electrons. The minimum Gasteiger partial charge on any atom is -0.286 e. The van der Waals surface area contributed by atoms with Crippen LogP contribution in [0.5, 0.6) is 0 Å². The first kappa shape index (κ1) is 14.7. The van der Waals surface area contributed by atoms with Gasteiger partial charge in [-0.05, 0) is 42.0 Å². The van der Waals surface area contributed by atoms with Crippen LogP contribution in [0.25, 0.3) is 0 Å². The minimum atomic E-state index is -0.327. The van der Waals surface area contributed by atoms with Gasteiger partial charge < -0.3 is 0 Å². The van der Waals surface area contributed by atoms with E-state index in [1.54, 1.807) is 12.1 Å². The Kier molecular flexibility index (Phi) is 4.20. The number of benzene rings is 2. The highest BCUT2D eigenvalue weighted by molar-refractivity contribution is 5.80. The number of hydroxylamine groups is 2. The number of rotatable bonds is 3. The fourth-order valence-corrected chi connectivity index (χ4v) is 3.14. The van der Waals surface area contributed by atoms with Crippen molar-refractivity contribution in [3.05, 3.63) is 71.5 Å². The van der Waals surface area contributed by atoms with E-state index in [4.69, 9.17) is 0 Å². The van der Waals surface area contributed by atoms with Gasteiger partial charge in [-0.1, -0.05) is 42.5 Å². The van der Waals surface area contributed by atoms with Gasteiger partial charge in [0.05, 0.1) is 5.92 Å². The Morgan fingerprint density at radius 1 is 1.09 bits per heavy atom. The third kappa shape index (κ3) is 3.02. The minimum absolute atomic E-state index is 0.0714. The highest BCUT2D eigenvalue weighted by Crippen LogP contribution is 2.35. The van der Waals surface area contributed by atoms with Crippen molar-refractivity contribution in [2.45, 2.75) is 18.8 Å². The molecule has 0 spiro atoms. The van der Waals surface area contributed by atoms with Crippen molar-refractivity contribution in [2.75, 3.05) is 6.54 Å². The fourth-order valence-electron chi connectivity index (χ4n) is 3.14. The molecular formula is C18H18FNO2. The lowest BCUT2D eigenvalue weighted by atomic mass is 9.77. The second kappa shape index (κ2) is 6.28. The van der Waals surface area contributed by atoms with Crippen LogP contribution in [-0.2, 0) is 11.2 Å². The van der Waals surface area contributed by atoms with Crippen LogP contribution in [0.4, 0.5) is 4.39 Å². The van der Waals surface area contributed by atoms with E-state index in [0.717, 1.165) is 22.6 Å². The molecular weight excluding hydrogens is 281 g/mol. The van der Waals surface area contributed by atoms with E-state index in [1.165, 1.54) is 12.1 Å². The molecule has 0 saturated carbocycles. The van der Waals surface area contributed by atoms with E-state index in [-0.39, 0.29) is 23.6 Å². The maximum Gasteiger partial charge on any atom is 0.249 e. The summed E-state index contributed by atoms with van der Waals surface area (Å²) < 4.78 is 13.0. The smallest absolute Gasteiger partial charge is 0.249 e. The number of hydrogen-bond acceptors (Lipinski definition) is 2. The van der Waals surface area contributed by atoms with Gasteiger partial charge in [0, 0.05) is 6.54 Å². The molecule has 1 fully saturated rings. The standard InChI is InChI=1S/C18H18FNO2/c19-15-8-6-13(7-9-15)12-17-16(10-11-20(22)18(17)21)14-4-2-1-3-5-14/h1-9,16-17,22H,10-12H2. The molecule has 2 aromatic carbocycles. The molecule has 1 amide bonds. The summed E-state index contributed by atoms with van der Waals surface area (Å²) in [6.07, 6.45) is 1.22. The van der Waals surface area contributed by atoms with Crippen LogP contribution in [-0.4, -0.2) is 22.7 Å². The van der Waals surface area contributed by atoms with E-state index < -0.39 is 0 Å². The van der Waals surface area contributed by atoms with Crippen molar-refractivity contribution in [3.8, 4) is 0 Å². The third-order valence-electron chi connectivity index (χ3n) is 4.31. The molecule has 1 heterocycles. The van der Waals surface area contributed by atoms with E-state index in [2.05, 4.69) is 0 Å². The Bertz CT molecular complexity index is 642. The Labute approximate surface area is 129 Å². The number of hydrogen-bond donors (Lipinski definition) is 1. The number of piperidine rings is 1. The van der Waals surface area contributed by atoms with Gasteiger partial charge in [0.2, 0.25) is 5.91 Å². The maximum absolute atomic E-state index is 13.0. The first-order valence-electron chi connectivity index (χ1n) is 7.45. The summed E-state index contributed by atoms with van der Waals surface area (Å²) in [5.74, 6) is -0.805. The predicted molar refractivity (Wildman–Crippen MR) is 80.9 cm³/mol. The Morgan fingerprint density at radius 3 is 2.45 bits per heavy atom. The zero-order valence-corrected chi connectivity index (χ0v) is 12.2. The van der Waals surface area contributed by atoms with Crippen LogP contribution in [0.2, 0.25) is 0 Å². The Morgan fingerprint density at radius 2 is 1.77 bits per heavy atom. The molecule has 2 unspecified atom stereocenters. The molecule has 3 rings (SSSR count). The van der Waals surface area contributed by atoms with E-state index in [0.29, 0.717) is 13.0 Å². The van der Waals surface area contributed by atoms with Crippen LogP contribution in [0.3, 0.4) is 0 Å². The zero-order chi connectivity index (χ0) is 15.5. The SMILES string of the molecule is O=C1C(Cc2ccc(F)cc2)C(c2ccccc2)CCN1O. The van der Waals surface area contributed by atoms with Crippen molar-refractivity contribution < 1.29 is 14.4 Å². The molecule has 0 bridgehead atoms. The summed E-state index contributed by atoms with van der Waals surface area (Å²) >= 11 is 0. The van der Waals surface area contributed by atoms with Gasteiger partial charge in [-0.3, -0.25) is 10.0 Å². The number of carbonyl (C=O) groups excluding carboxylic acids is 1. The summed E-state index contributed by atoms with van der Waals surface area (Å²) in [5, 5.41) is 10.6. The first-order chi connectivity index (χ1) is 10.6. The van der Waals surface area contributed by atoms with Gasteiger partial charge in [0.25, 0.3) is 0 Å². The van der Waals surface area contributed by atoms with Crippen LogP contribution in [0.1, 0.15) is 23.5 Å². The fraction of sp³-hybridized carbons (Fsp3) is 0.278. The average Bonchev–Trinajstić information content (AvgIpc) is 2.55. The van der Waals surface area contributed by atoms with Crippen LogP contribution >= 0.6 is 0 Å². The summed E-state index contributed by atoms with van der Waals surface area (Å²) in [7, 11) is 0. The van der Waals surface area contributed by atoms with Crippen molar-refractivity contribution >= 4 is 5.91 Å². The molecule has 2 atom stereocenters. The normalized spacial score (nSPS) is 21.9. The molecule has 1 saturated heterocycles. The highest BCUT2D eigenvalue weighted by atomic mass is 19.1. The summed E-state index contributed by atoms with van der Waals surface area (Å²) in [6, 6.07) is 16.1. The lowest BCUT2D eigenvalue weighted by Crippen LogP contribution is -2.43. The van der Waals surface area contributed by atoms with Gasteiger partial charge in [0.1, 0.15) is 5.82 Å². The van der Waals surface area contributed by atoms with Crippen LogP contribution in [0, 0.1) is 11.7 Å². The number of amides is 1. The summed E-state index contributed by atoms with van der Waals surface area (Å²) in [4.78, 5) is 12.4. The third-order valence-corrected chi connectivity index (χ3v) is 4.31. The van der Waals surface area contributed by atoms with Gasteiger partial charge in [0.15, 0.2) is 0 Å². The zero-order valence-electron chi connectivity index (χ0n) is 12.2. The molecule has 3 nitrogen and oxygen atoms in total. The van der Waals surface area contributed by atoms with Crippen LogP contribution in [0.15, 0.2) is 54.6 Å². The molecule has 4 heteroatoms. The Balaban J connectivity index is 1.88. The molecule has 1 N–H and O–H groups in total. The monoisotopic (exact) mass is 299 g/mol. The second-order valence-electron chi connectivity index (χ2n) is 5.70. The van der Waals surface area contributed by atoms with Crippen molar-refractivity contribution in [2.24, 2.45) is 5.92 Å². The molecule has 1 aliphatic heterocycles. The quantitative estimate of drug-likeness (QED) is 0.883. The van der Waals surface area contributed by atoms with Gasteiger partial charge in [-0.2, -0.15) is 0 Å². The highest BCUT2D eigenvalue weighted by Gasteiger charge is 2.36. The Hall–Kier alpha value is -2.20. The first-order valence-corrected chi connectivity index (χ1v) is 7.45. The average molecular weight is 299 g/mol. The number of carbonyl (C=O) groups is 1. The maximum atomic E-state index is 13.0. The van der Waals surface area contributed by atoms with Crippen molar-refractivity contribution in [3.63, 3.8) is 0 Å². The topological polar surface area (TPSA) is 40.5 Å². The van der Waals surface area contributed by atoms with E-state index >= 15 is 0 Å².